The van der Waals surface area contributed by atoms with E-state index in [1.54, 1.807) is 6.07 Å². The second-order valence-electron chi connectivity index (χ2n) is 3.36. The maximum absolute atomic E-state index is 11.9. The minimum atomic E-state index is -4.64. The van der Waals surface area contributed by atoms with Crippen molar-refractivity contribution in [2.45, 2.75) is 26.1 Å². The van der Waals surface area contributed by atoms with Crippen LogP contribution in [0.25, 0.3) is 0 Å². The van der Waals surface area contributed by atoms with Gasteiger partial charge >= 0.3 is 6.36 Å². The Balaban J connectivity index is 2.57. The van der Waals surface area contributed by atoms with Crippen LogP contribution in [0.4, 0.5) is 18.9 Å². The first kappa shape index (κ1) is 12.7. The second-order valence-corrected chi connectivity index (χ2v) is 3.36. The van der Waals surface area contributed by atoms with E-state index in [9.17, 15) is 13.2 Å². The summed E-state index contributed by atoms with van der Waals surface area (Å²) < 4.78 is 39.6. The highest BCUT2D eigenvalue weighted by molar-refractivity contribution is 5.48. The average molecular weight is 233 g/mol. The lowest BCUT2D eigenvalue weighted by Crippen LogP contribution is -2.17. The number of ether oxygens (including phenoxy) is 1. The summed E-state index contributed by atoms with van der Waals surface area (Å²) in [6.07, 6.45) is -2.63. The highest BCUT2D eigenvalue weighted by Gasteiger charge is 2.31. The van der Waals surface area contributed by atoms with Gasteiger partial charge in [-0.1, -0.05) is 19.4 Å². The Labute approximate surface area is 92.4 Å². The number of hydrogen-bond donors (Lipinski definition) is 1. The van der Waals surface area contributed by atoms with Gasteiger partial charge in [0.25, 0.3) is 0 Å². The van der Waals surface area contributed by atoms with Gasteiger partial charge in [-0.3, -0.25) is 0 Å². The third kappa shape index (κ3) is 4.91. The summed E-state index contributed by atoms with van der Waals surface area (Å²) >= 11 is 0. The van der Waals surface area contributed by atoms with E-state index in [1.165, 1.54) is 18.2 Å². The van der Waals surface area contributed by atoms with Crippen LogP contribution in [0.3, 0.4) is 0 Å². The molecule has 16 heavy (non-hydrogen) atoms. The Morgan fingerprint density at radius 1 is 1.31 bits per heavy atom. The molecule has 0 aliphatic carbocycles. The first-order valence-electron chi connectivity index (χ1n) is 5.11. The molecule has 0 heterocycles. The predicted octanol–water partition coefficient (Wildman–Crippen LogP) is 3.80. The van der Waals surface area contributed by atoms with E-state index >= 15 is 0 Å². The zero-order chi connectivity index (χ0) is 12.0. The summed E-state index contributed by atoms with van der Waals surface area (Å²) in [5.74, 6) is -0.200. The third-order valence-corrected chi connectivity index (χ3v) is 1.93. The Bertz CT molecular complexity index is 325. The molecule has 0 aromatic heterocycles. The summed E-state index contributed by atoms with van der Waals surface area (Å²) in [6, 6.07) is 5.84. The van der Waals surface area contributed by atoms with E-state index in [2.05, 4.69) is 10.1 Å². The molecule has 0 fully saturated rings. The molecule has 0 radical (unpaired) electrons. The van der Waals surface area contributed by atoms with Crippen molar-refractivity contribution >= 4 is 5.69 Å². The molecule has 0 aliphatic heterocycles. The van der Waals surface area contributed by atoms with Crippen molar-refractivity contribution in [2.24, 2.45) is 0 Å². The lowest BCUT2D eigenvalue weighted by Gasteiger charge is -2.10. The van der Waals surface area contributed by atoms with E-state index in [0.717, 1.165) is 19.4 Å². The molecule has 0 bridgehead atoms. The summed E-state index contributed by atoms with van der Waals surface area (Å²) in [6.45, 7) is 2.79. The van der Waals surface area contributed by atoms with Gasteiger partial charge in [0.1, 0.15) is 5.75 Å². The summed E-state index contributed by atoms with van der Waals surface area (Å²) in [5, 5.41) is 3.02. The van der Waals surface area contributed by atoms with Crippen LogP contribution in [0.15, 0.2) is 24.3 Å². The molecular formula is C11H14F3NO. The van der Waals surface area contributed by atoms with Crippen molar-refractivity contribution in [1.29, 1.82) is 0 Å². The van der Waals surface area contributed by atoms with Crippen LogP contribution in [0.2, 0.25) is 0 Å². The van der Waals surface area contributed by atoms with Crippen LogP contribution in [0, 0.1) is 0 Å². The number of alkyl halides is 3. The third-order valence-electron chi connectivity index (χ3n) is 1.93. The molecule has 5 heteroatoms. The van der Waals surface area contributed by atoms with Crippen molar-refractivity contribution in [3.63, 3.8) is 0 Å². The quantitative estimate of drug-likeness (QED) is 0.781. The Kier molecular flexibility index (Phi) is 4.46. The highest BCUT2D eigenvalue weighted by atomic mass is 19.4. The van der Waals surface area contributed by atoms with Crippen LogP contribution >= 0.6 is 0 Å². The fourth-order valence-corrected chi connectivity index (χ4v) is 1.21. The molecule has 0 saturated carbocycles. The fourth-order valence-electron chi connectivity index (χ4n) is 1.21. The van der Waals surface area contributed by atoms with Crippen molar-refractivity contribution < 1.29 is 17.9 Å². The molecule has 1 N–H and O–H groups in total. The number of benzene rings is 1. The van der Waals surface area contributed by atoms with Gasteiger partial charge in [0.05, 0.1) is 0 Å². The van der Waals surface area contributed by atoms with Gasteiger partial charge in [0.15, 0.2) is 0 Å². The fraction of sp³-hybridized carbons (Fsp3) is 0.455. The number of nitrogens with one attached hydrogen (secondary N) is 1. The molecule has 2 nitrogen and oxygen atoms in total. The lowest BCUT2D eigenvalue weighted by molar-refractivity contribution is -0.274. The summed E-state index contributed by atoms with van der Waals surface area (Å²) in [4.78, 5) is 0. The Hall–Kier alpha value is -1.39. The number of hydrogen-bond acceptors (Lipinski definition) is 2. The molecule has 0 spiro atoms. The van der Waals surface area contributed by atoms with Crippen molar-refractivity contribution in [1.82, 2.24) is 0 Å². The van der Waals surface area contributed by atoms with Gasteiger partial charge in [-0.2, -0.15) is 0 Å². The lowest BCUT2D eigenvalue weighted by atomic mass is 10.3. The Morgan fingerprint density at radius 3 is 2.69 bits per heavy atom. The standard InChI is InChI=1S/C11H14F3NO/c1-2-3-7-15-9-5-4-6-10(8-9)16-11(12,13)14/h4-6,8,15H,2-3,7H2,1H3. The molecule has 90 valence electrons. The van der Waals surface area contributed by atoms with Gasteiger partial charge in [-0.05, 0) is 18.6 Å². The average Bonchev–Trinajstić information content (AvgIpc) is 2.16. The zero-order valence-electron chi connectivity index (χ0n) is 8.97. The molecule has 1 rings (SSSR count). The zero-order valence-corrected chi connectivity index (χ0v) is 8.97. The second kappa shape index (κ2) is 5.63. The smallest absolute Gasteiger partial charge is 0.406 e. The van der Waals surface area contributed by atoms with E-state index in [4.69, 9.17) is 0 Å². The predicted molar refractivity (Wildman–Crippen MR) is 56.5 cm³/mol. The number of halogens is 3. The van der Waals surface area contributed by atoms with Crippen molar-refractivity contribution in [3.05, 3.63) is 24.3 Å². The molecule has 1 aromatic rings. The monoisotopic (exact) mass is 233 g/mol. The van der Waals surface area contributed by atoms with Gasteiger partial charge in [0.2, 0.25) is 0 Å². The first-order chi connectivity index (χ1) is 7.51. The van der Waals surface area contributed by atoms with Crippen LogP contribution in [-0.2, 0) is 0 Å². The van der Waals surface area contributed by atoms with Gasteiger partial charge in [0, 0.05) is 18.3 Å². The van der Waals surface area contributed by atoms with Gasteiger partial charge in [-0.25, -0.2) is 0 Å². The Morgan fingerprint density at radius 2 is 2.06 bits per heavy atom. The minimum absolute atomic E-state index is 0.200. The topological polar surface area (TPSA) is 21.3 Å². The van der Waals surface area contributed by atoms with Gasteiger partial charge < -0.3 is 10.1 Å². The molecule has 0 amide bonds. The van der Waals surface area contributed by atoms with Crippen LogP contribution in [-0.4, -0.2) is 12.9 Å². The number of unbranched alkanes of at least 4 members (excludes halogenated alkanes) is 1. The van der Waals surface area contributed by atoms with Gasteiger partial charge in [-0.15, -0.1) is 13.2 Å². The van der Waals surface area contributed by atoms with E-state index in [-0.39, 0.29) is 5.75 Å². The molecule has 0 atom stereocenters. The highest BCUT2D eigenvalue weighted by Crippen LogP contribution is 2.24. The number of rotatable bonds is 5. The molecule has 0 unspecified atom stereocenters. The van der Waals surface area contributed by atoms with E-state index in [1.807, 2.05) is 6.92 Å². The normalized spacial score (nSPS) is 11.2. The SMILES string of the molecule is CCCCNc1cccc(OC(F)(F)F)c1. The first-order valence-corrected chi connectivity index (χ1v) is 5.11. The maximum Gasteiger partial charge on any atom is 0.573 e. The van der Waals surface area contributed by atoms with E-state index < -0.39 is 6.36 Å². The molecule has 0 aliphatic rings. The van der Waals surface area contributed by atoms with Crippen LogP contribution in [0.5, 0.6) is 5.75 Å². The van der Waals surface area contributed by atoms with E-state index in [0.29, 0.717) is 5.69 Å². The molecule has 0 saturated heterocycles. The summed E-state index contributed by atoms with van der Waals surface area (Å²) in [7, 11) is 0. The number of anilines is 1. The molecular weight excluding hydrogens is 219 g/mol. The molecule has 1 aromatic carbocycles. The maximum atomic E-state index is 11.9. The van der Waals surface area contributed by atoms with Crippen LogP contribution in [0.1, 0.15) is 19.8 Å². The largest absolute Gasteiger partial charge is 0.573 e. The van der Waals surface area contributed by atoms with Crippen molar-refractivity contribution in [3.8, 4) is 5.75 Å². The summed E-state index contributed by atoms with van der Waals surface area (Å²) in [5.41, 5.74) is 0.634. The minimum Gasteiger partial charge on any atom is -0.406 e. The van der Waals surface area contributed by atoms with Crippen molar-refractivity contribution in [2.75, 3.05) is 11.9 Å². The van der Waals surface area contributed by atoms with Crippen LogP contribution < -0.4 is 10.1 Å².